The summed E-state index contributed by atoms with van der Waals surface area (Å²) >= 11 is 0. The highest BCUT2D eigenvalue weighted by molar-refractivity contribution is 5.74. The number of carbonyl (C=O) groups is 1. The van der Waals surface area contributed by atoms with Crippen molar-refractivity contribution in [2.24, 2.45) is 0 Å². The van der Waals surface area contributed by atoms with Crippen LogP contribution in [0.1, 0.15) is 11.1 Å². The van der Waals surface area contributed by atoms with E-state index in [4.69, 9.17) is 5.11 Å². The highest BCUT2D eigenvalue weighted by Crippen LogP contribution is 2.07. The van der Waals surface area contributed by atoms with Crippen LogP contribution >= 0.6 is 0 Å². The van der Waals surface area contributed by atoms with Crippen LogP contribution in [0.25, 0.3) is 12.2 Å². The summed E-state index contributed by atoms with van der Waals surface area (Å²) in [6.45, 7) is 0.0484. The van der Waals surface area contributed by atoms with E-state index >= 15 is 0 Å². The Balaban J connectivity index is 2.73. The molecule has 0 fully saturated rings. The van der Waals surface area contributed by atoms with Gasteiger partial charge in [0.05, 0.1) is 6.61 Å². The second kappa shape index (κ2) is 5.89. The Morgan fingerprint density at radius 1 is 1.07 bits per heavy atom. The van der Waals surface area contributed by atoms with Crippen molar-refractivity contribution in [3.63, 3.8) is 0 Å². The molecule has 1 rings (SSSR count). The fraction of sp³-hybridized carbons (Fsp3) is 0.0833. The van der Waals surface area contributed by atoms with Gasteiger partial charge in [0.25, 0.3) is 0 Å². The second-order valence-corrected chi connectivity index (χ2v) is 2.75. The van der Waals surface area contributed by atoms with E-state index in [-0.39, 0.29) is 6.61 Å². The van der Waals surface area contributed by atoms with Crippen LogP contribution in [0.5, 0.6) is 0 Å². The molecule has 0 bridgehead atoms. The molecule has 1 aromatic carbocycles. The average molecular weight is 188 g/mol. The summed E-state index contributed by atoms with van der Waals surface area (Å²) in [7, 11) is 0. The van der Waals surface area contributed by atoms with Gasteiger partial charge in [-0.2, -0.15) is 0 Å². The molecule has 1 aromatic rings. The summed E-state index contributed by atoms with van der Waals surface area (Å²) in [6.07, 6.45) is 7.47. The fourth-order valence-electron chi connectivity index (χ4n) is 1.06. The van der Waals surface area contributed by atoms with Crippen molar-refractivity contribution in [2.45, 2.75) is 0 Å². The maximum absolute atomic E-state index is 10.1. The Labute approximate surface area is 83.2 Å². The average Bonchev–Trinajstić information content (AvgIpc) is 2.25. The number of aliphatic hydroxyl groups is 1. The van der Waals surface area contributed by atoms with Crippen molar-refractivity contribution < 1.29 is 9.90 Å². The number of hydrogen-bond donors (Lipinski definition) is 1. The molecule has 0 spiro atoms. The summed E-state index contributed by atoms with van der Waals surface area (Å²) in [5.74, 6) is 0. The van der Waals surface area contributed by atoms with Crippen molar-refractivity contribution in [3.05, 3.63) is 47.5 Å². The molecular formula is C12H12O2. The SMILES string of the molecule is O=C/C=C/c1ccc(C=CCO)cc1. The molecule has 0 heterocycles. The first-order valence-corrected chi connectivity index (χ1v) is 4.36. The van der Waals surface area contributed by atoms with Gasteiger partial charge in [-0.25, -0.2) is 0 Å². The highest BCUT2D eigenvalue weighted by Gasteiger charge is 1.87. The number of carbonyl (C=O) groups excluding carboxylic acids is 1. The molecule has 0 aliphatic heterocycles. The highest BCUT2D eigenvalue weighted by atomic mass is 16.2. The first kappa shape index (κ1) is 10.4. The van der Waals surface area contributed by atoms with E-state index in [1.165, 1.54) is 6.08 Å². The van der Waals surface area contributed by atoms with Gasteiger partial charge >= 0.3 is 0 Å². The summed E-state index contributed by atoms with van der Waals surface area (Å²) in [6, 6.07) is 7.68. The van der Waals surface area contributed by atoms with Crippen molar-refractivity contribution >= 4 is 18.4 Å². The van der Waals surface area contributed by atoms with Crippen molar-refractivity contribution in [1.82, 2.24) is 0 Å². The quantitative estimate of drug-likeness (QED) is 0.579. The zero-order valence-electron chi connectivity index (χ0n) is 7.76. The van der Waals surface area contributed by atoms with Gasteiger partial charge in [0.2, 0.25) is 0 Å². The third kappa shape index (κ3) is 3.37. The maximum atomic E-state index is 10.1. The third-order valence-corrected chi connectivity index (χ3v) is 1.72. The Kier molecular flexibility index (Phi) is 4.38. The van der Waals surface area contributed by atoms with E-state index in [0.717, 1.165) is 17.4 Å². The van der Waals surface area contributed by atoms with Gasteiger partial charge in [0.1, 0.15) is 6.29 Å². The molecule has 0 saturated heterocycles. The summed E-state index contributed by atoms with van der Waals surface area (Å²) in [5.41, 5.74) is 2.01. The molecule has 0 radical (unpaired) electrons. The molecule has 0 amide bonds. The lowest BCUT2D eigenvalue weighted by atomic mass is 10.1. The normalized spacial score (nSPS) is 11.2. The van der Waals surface area contributed by atoms with Gasteiger partial charge in [-0.1, -0.05) is 42.5 Å². The number of benzene rings is 1. The Morgan fingerprint density at radius 2 is 1.64 bits per heavy atom. The van der Waals surface area contributed by atoms with Crippen molar-refractivity contribution in [2.75, 3.05) is 6.61 Å². The molecule has 2 nitrogen and oxygen atoms in total. The Morgan fingerprint density at radius 3 is 2.14 bits per heavy atom. The van der Waals surface area contributed by atoms with Crippen LogP contribution in [0.3, 0.4) is 0 Å². The van der Waals surface area contributed by atoms with E-state index < -0.39 is 0 Å². The standard InChI is InChI=1S/C12H12O2/c13-9-1-3-11-5-7-12(8-6-11)4-2-10-14/h1-9,14H,10H2/b3-1+,4-2?. The molecule has 0 unspecified atom stereocenters. The van der Waals surface area contributed by atoms with Crippen LogP contribution in [0, 0.1) is 0 Å². The number of aldehydes is 1. The summed E-state index contributed by atoms with van der Waals surface area (Å²) in [5, 5.41) is 8.56. The predicted octanol–water partition coefficient (Wildman–Crippen LogP) is 1.90. The monoisotopic (exact) mass is 188 g/mol. The lowest BCUT2D eigenvalue weighted by Crippen LogP contribution is -1.76. The van der Waals surface area contributed by atoms with Gasteiger partial charge in [-0.15, -0.1) is 0 Å². The van der Waals surface area contributed by atoms with Crippen LogP contribution in [0.2, 0.25) is 0 Å². The van der Waals surface area contributed by atoms with Crippen molar-refractivity contribution in [1.29, 1.82) is 0 Å². The smallest absolute Gasteiger partial charge is 0.142 e. The first-order valence-electron chi connectivity index (χ1n) is 4.36. The van der Waals surface area contributed by atoms with Gasteiger partial charge in [0, 0.05) is 0 Å². The molecule has 2 heteroatoms. The second-order valence-electron chi connectivity index (χ2n) is 2.75. The summed E-state index contributed by atoms with van der Waals surface area (Å²) < 4.78 is 0. The van der Waals surface area contributed by atoms with Gasteiger partial charge in [0.15, 0.2) is 0 Å². The van der Waals surface area contributed by atoms with Gasteiger partial charge < -0.3 is 5.11 Å². The lowest BCUT2D eigenvalue weighted by Gasteiger charge is -1.94. The predicted molar refractivity (Wildman–Crippen MR) is 57.7 cm³/mol. The van der Waals surface area contributed by atoms with Gasteiger partial charge in [-0.3, -0.25) is 4.79 Å². The van der Waals surface area contributed by atoms with E-state index in [1.54, 1.807) is 12.2 Å². The minimum Gasteiger partial charge on any atom is -0.392 e. The fourth-order valence-corrected chi connectivity index (χ4v) is 1.06. The number of aliphatic hydroxyl groups excluding tert-OH is 1. The summed E-state index contributed by atoms with van der Waals surface area (Å²) in [4.78, 5) is 10.1. The molecule has 0 aliphatic rings. The van der Waals surface area contributed by atoms with Crippen LogP contribution in [-0.2, 0) is 4.79 Å². The molecular weight excluding hydrogens is 176 g/mol. The number of allylic oxidation sites excluding steroid dienone is 1. The molecule has 0 saturated carbocycles. The minimum absolute atomic E-state index is 0.0484. The first-order chi connectivity index (χ1) is 6.86. The van der Waals surface area contributed by atoms with Gasteiger partial charge in [-0.05, 0) is 17.2 Å². The topological polar surface area (TPSA) is 37.3 Å². The Hall–Kier alpha value is -1.67. The van der Waals surface area contributed by atoms with Crippen LogP contribution < -0.4 is 0 Å². The number of hydrogen-bond acceptors (Lipinski definition) is 2. The molecule has 14 heavy (non-hydrogen) atoms. The molecule has 1 N–H and O–H groups in total. The maximum Gasteiger partial charge on any atom is 0.142 e. The van der Waals surface area contributed by atoms with Crippen LogP contribution in [-0.4, -0.2) is 18.0 Å². The van der Waals surface area contributed by atoms with E-state index in [9.17, 15) is 4.79 Å². The minimum atomic E-state index is 0.0484. The molecule has 0 aliphatic carbocycles. The third-order valence-electron chi connectivity index (χ3n) is 1.72. The van der Waals surface area contributed by atoms with Crippen LogP contribution in [0.15, 0.2) is 36.4 Å². The largest absolute Gasteiger partial charge is 0.392 e. The van der Waals surface area contributed by atoms with Crippen molar-refractivity contribution in [3.8, 4) is 0 Å². The van der Waals surface area contributed by atoms with E-state index in [2.05, 4.69) is 0 Å². The zero-order valence-corrected chi connectivity index (χ0v) is 7.76. The molecule has 72 valence electrons. The Bertz CT molecular complexity index is 334. The lowest BCUT2D eigenvalue weighted by molar-refractivity contribution is -0.104. The molecule has 0 aromatic heterocycles. The van der Waals surface area contributed by atoms with E-state index in [1.807, 2.05) is 30.3 Å². The number of rotatable bonds is 4. The van der Waals surface area contributed by atoms with Crippen LogP contribution in [0.4, 0.5) is 0 Å². The zero-order chi connectivity index (χ0) is 10.2. The van der Waals surface area contributed by atoms with E-state index in [0.29, 0.717) is 0 Å². The molecule has 0 atom stereocenters.